The summed E-state index contributed by atoms with van der Waals surface area (Å²) in [7, 11) is 3.29. The summed E-state index contributed by atoms with van der Waals surface area (Å²) in [5, 5.41) is 12.7. The zero-order chi connectivity index (χ0) is 22.6. The monoisotopic (exact) mass is 444 g/mol. The average Bonchev–Trinajstić information content (AvgIpc) is 3.32. The van der Waals surface area contributed by atoms with E-state index in [1.807, 2.05) is 34.7 Å². The summed E-state index contributed by atoms with van der Waals surface area (Å²) in [6.07, 6.45) is 1.74. The first kappa shape index (κ1) is 22.6. The molecule has 174 valence electrons. The molecule has 2 saturated heterocycles. The summed E-state index contributed by atoms with van der Waals surface area (Å²) in [4.78, 5) is 18.0. The smallest absolute Gasteiger partial charge is 0.254 e. The van der Waals surface area contributed by atoms with Gasteiger partial charge in [0.05, 0.1) is 33.5 Å². The van der Waals surface area contributed by atoms with Crippen LogP contribution in [0.5, 0.6) is 5.75 Å². The lowest BCUT2D eigenvalue weighted by Crippen LogP contribution is -2.61. The molecule has 10 nitrogen and oxygen atoms in total. The number of hydrogen-bond donors (Lipinski definition) is 0. The van der Waals surface area contributed by atoms with Crippen molar-refractivity contribution in [3.63, 3.8) is 0 Å². The second kappa shape index (κ2) is 9.93. The Bertz CT molecular complexity index is 929. The lowest BCUT2D eigenvalue weighted by atomic mass is 9.85. The van der Waals surface area contributed by atoms with Crippen LogP contribution in [0.4, 0.5) is 0 Å². The molecule has 32 heavy (non-hydrogen) atoms. The molecular weight excluding hydrogens is 412 g/mol. The van der Waals surface area contributed by atoms with E-state index in [1.54, 1.807) is 14.2 Å². The van der Waals surface area contributed by atoms with Gasteiger partial charge >= 0.3 is 0 Å². The van der Waals surface area contributed by atoms with E-state index in [0.29, 0.717) is 45.0 Å². The zero-order valence-corrected chi connectivity index (χ0v) is 19.1. The Balaban J connectivity index is 1.69. The summed E-state index contributed by atoms with van der Waals surface area (Å²) < 4.78 is 18.1. The van der Waals surface area contributed by atoms with Crippen LogP contribution >= 0.6 is 0 Å². The van der Waals surface area contributed by atoms with Gasteiger partial charge in [-0.25, -0.2) is 4.68 Å². The summed E-state index contributed by atoms with van der Waals surface area (Å²) in [5.41, 5.74) is 1.05. The Hall–Kier alpha value is -2.56. The van der Waals surface area contributed by atoms with E-state index in [4.69, 9.17) is 14.2 Å². The van der Waals surface area contributed by atoms with Gasteiger partial charge in [-0.2, -0.15) is 0 Å². The number of likely N-dealkylation sites (tertiary alicyclic amines) is 1. The van der Waals surface area contributed by atoms with E-state index in [9.17, 15) is 4.79 Å². The van der Waals surface area contributed by atoms with Crippen molar-refractivity contribution in [3.05, 3.63) is 35.2 Å². The number of tetrazole rings is 1. The highest BCUT2D eigenvalue weighted by atomic mass is 16.5. The molecule has 0 bridgehead atoms. The molecule has 1 atom stereocenters. The van der Waals surface area contributed by atoms with Crippen LogP contribution in [-0.2, 0) is 21.6 Å². The van der Waals surface area contributed by atoms with Crippen LogP contribution in [-0.4, -0.2) is 96.1 Å². The van der Waals surface area contributed by atoms with Crippen LogP contribution in [0.3, 0.4) is 0 Å². The average molecular weight is 445 g/mol. The number of carbonyl (C=O) groups is 1. The first-order valence-electron chi connectivity index (χ1n) is 11.1. The first-order chi connectivity index (χ1) is 15.6. The van der Waals surface area contributed by atoms with E-state index >= 15 is 0 Å². The number of aromatic nitrogens is 4. The van der Waals surface area contributed by atoms with Gasteiger partial charge in [-0.1, -0.05) is 6.07 Å². The fourth-order valence-corrected chi connectivity index (χ4v) is 4.89. The van der Waals surface area contributed by atoms with Gasteiger partial charge in [-0.15, -0.1) is 5.10 Å². The molecule has 0 radical (unpaired) electrons. The summed E-state index contributed by atoms with van der Waals surface area (Å²) >= 11 is 0. The Labute approximate surface area is 188 Å². The number of amides is 1. The van der Waals surface area contributed by atoms with E-state index in [0.717, 1.165) is 43.1 Å². The molecule has 0 aliphatic carbocycles. The van der Waals surface area contributed by atoms with Crippen molar-refractivity contribution in [2.45, 2.75) is 31.8 Å². The van der Waals surface area contributed by atoms with Crippen molar-refractivity contribution in [1.29, 1.82) is 0 Å². The van der Waals surface area contributed by atoms with E-state index in [-0.39, 0.29) is 5.91 Å². The zero-order valence-electron chi connectivity index (χ0n) is 19.1. The van der Waals surface area contributed by atoms with E-state index < -0.39 is 5.54 Å². The van der Waals surface area contributed by atoms with Crippen molar-refractivity contribution in [2.75, 3.05) is 60.2 Å². The van der Waals surface area contributed by atoms with Crippen LogP contribution in [0, 0.1) is 6.92 Å². The van der Waals surface area contributed by atoms with Crippen LogP contribution in [0.25, 0.3) is 0 Å². The fourth-order valence-electron chi connectivity index (χ4n) is 4.89. The maximum atomic E-state index is 13.6. The van der Waals surface area contributed by atoms with Crippen molar-refractivity contribution >= 4 is 5.91 Å². The van der Waals surface area contributed by atoms with Crippen molar-refractivity contribution in [3.8, 4) is 5.75 Å². The molecule has 2 fully saturated rings. The minimum Gasteiger partial charge on any atom is -0.496 e. The molecule has 10 heteroatoms. The first-order valence-corrected chi connectivity index (χ1v) is 11.1. The number of nitrogens with zero attached hydrogens (tertiary/aromatic N) is 6. The number of carbonyl (C=O) groups excluding carboxylic acids is 1. The molecule has 1 unspecified atom stereocenters. The Morgan fingerprint density at radius 2 is 2.03 bits per heavy atom. The number of rotatable bonds is 7. The molecule has 1 aromatic carbocycles. The van der Waals surface area contributed by atoms with Crippen LogP contribution < -0.4 is 4.74 Å². The van der Waals surface area contributed by atoms with Crippen LogP contribution in [0.15, 0.2) is 18.2 Å². The number of hydrogen-bond acceptors (Lipinski definition) is 8. The van der Waals surface area contributed by atoms with Gasteiger partial charge in [-0.3, -0.25) is 9.69 Å². The van der Waals surface area contributed by atoms with Gasteiger partial charge in [-0.05, 0) is 42.3 Å². The molecule has 4 rings (SSSR count). The van der Waals surface area contributed by atoms with E-state index in [2.05, 4.69) is 20.4 Å². The SMILES string of the molecule is COCCn1nnnc1C1(N2CCOCC2)CCCN(C(=O)c2cccc(OC)c2C)C1. The standard InChI is InChI=1S/C22H32N6O4/c1-17-18(6-4-7-19(17)31-3)20(29)26-9-5-8-22(16-26,27-10-14-32-15-11-27)21-23-24-25-28(21)12-13-30-2/h4,6-7H,5,8-16H2,1-3H3. The number of methoxy groups -OCH3 is 2. The molecule has 2 aromatic rings. The quantitative estimate of drug-likeness (QED) is 0.627. The topological polar surface area (TPSA) is 94.8 Å². The minimum atomic E-state index is -0.471. The molecule has 0 spiro atoms. The molecule has 2 aliphatic heterocycles. The summed E-state index contributed by atoms with van der Waals surface area (Å²) in [6.45, 7) is 7.09. The normalized spacial score (nSPS) is 22.2. The predicted octanol–water partition coefficient (Wildman–Crippen LogP) is 1.10. The molecule has 3 heterocycles. The third-order valence-corrected chi connectivity index (χ3v) is 6.56. The maximum absolute atomic E-state index is 13.6. The molecule has 0 N–H and O–H groups in total. The number of benzene rings is 1. The maximum Gasteiger partial charge on any atom is 0.254 e. The van der Waals surface area contributed by atoms with Gasteiger partial charge in [0, 0.05) is 44.4 Å². The molecular formula is C22H32N6O4. The van der Waals surface area contributed by atoms with Crippen LogP contribution in [0.2, 0.25) is 0 Å². The highest BCUT2D eigenvalue weighted by molar-refractivity contribution is 5.96. The lowest BCUT2D eigenvalue weighted by molar-refractivity contribution is -0.0573. The second-order valence-electron chi connectivity index (χ2n) is 8.31. The van der Waals surface area contributed by atoms with Crippen molar-refractivity contribution < 1.29 is 19.0 Å². The summed E-state index contributed by atoms with van der Waals surface area (Å²) in [6, 6.07) is 5.61. The summed E-state index contributed by atoms with van der Waals surface area (Å²) in [5.74, 6) is 1.52. The number of morpholine rings is 1. The molecule has 2 aliphatic rings. The molecule has 1 amide bonds. The fraction of sp³-hybridized carbons (Fsp3) is 0.636. The predicted molar refractivity (Wildman–Crippen MR) is 117 cm³/mol. The lowest BCUT2D eigenvalue weighted by Gasteiger charge is -2.49. The third-order valence-electron chi connectivity index (χ3n) is 6.56. The Kier molecular flexibility index (Phi) is 7.02. The van der Waals surface area contributed by atoms with Gasteiger partial charge in [0.1, 0.15) is 11.3 Å². The third kappa shape index (κ3) is 4.22. The van der Waals surface area contributed by atoms with Gasteiger partial charge in [0.25, 0.3) is 5.91 Å². The Morgan fingerprint density at radius 1 is 1.22 bits per heavy atom. The van der Waals surface area contributed by atoms with Crippen molar-refractivity contribution in [1.82, 2.24) is 30.0 Å². The highest BCUT2D eigenvalue weighted by Gasteiger charge is 2.47. The Morgan fingerprint density at radius 3 is 2.78 bits per heavy atom. The second-order valence-corrected chi connectivity index (χ2v) is 8.31. The highest BCUT2D eigenvalue weighted by Crippen LogP contribution is 2.37. The van der Waals surface area contributed by atoms with Gasteiger partial charge in [0.2, 0.25) is 0 Å². The van der Waals surface area contributed by atoms with Crippen LogP contribution in [0.1, 0.15) is 34.6 Å². The van der Waals surface area contributed by atoms with E-state index in [1.165, 1.54) is 0 Å². The van der Waals surface area contributed by atoms with Gasteiger partial charge < -0.3 is 19.1 Å². The number of ether oxygens (including phenoxy) is 3. The van der Waals surface area contributed by atoms with Crippen molar-refractivity contribution in [2.24, 2.45) is 0 Å². The largest absolute Gasteiger partial charge is 0.496 e. The number of piperidine rings is 1. The van der Waals surface area contributed by atoms with Gasteiger partial charge in [0.15, 0.2) is 5.82 Å². The molecule has 0 saturated carbocycles. The minimum absolute atomic E-state index is 0.00894. The molecule has 1 aromatic heterocycles.